The molecular weight excluding hydrogens is 236 g/mol. The van der Waals surface area contributed by atoms with Crippen LogP contribution in [0.2, 0.25) is 0 Å². The first-order chi connectivity index (χ1) is 8.41. The smallest absolute Gasteiger partial charge is 0.328 e. The summed E-state index contributed by atoms with van der Waals surface area (Å²) in [6, 6.07) is -1.66. The highest BCUT2D eigenvalue weighted by Gasteiger charge is 2.27. The van der Waals surface area contributed by atoms with E-state index in [4.69, 9.17) is 5.11 Å². The topological polar surface area (TPSA) is 89.9 Å². The largest absolute Gasteiger partial charge is 0.480 e. The molecule has 1 aliphatic rings. The van der Waals surface area contributed by atoms with Gasteiger partial charge in [-0.15, -0.1) is 0 Å². The highest BCUT2D eigenvalue weighted by molar-refractivity contribution is 5.83. The molecule has 0 saturated carbocycles. The van der Waals surface area contributed by atoms with Gasteiger partial charge in [0.05, 0.1) is 6.10 Å². The molecule has 1 aliphatic heterocycles. The fourth-order valence-corrected chi connectivity index (χ4v) is 2.08. The van der Waals surface area contributed by atoms with Crippen molar-refractivity contribution in [2.75, 3.05) is 13.1 Å². The number of carboxylic acid groups (broad SMARTS) is 1. The number of amides is 2. The lowest BCUT2D eigenvalue weighted by Crippen LogP contribution is -2.52. The molecule has 0 bridgehead atoms. The third kappa shape index (κ3) is 4.18. The van der Waals surface area contributed by atoms with Crippen LogP contribution in [0.15, 0.2) is 0 Å². The molecule has 18 heavy (non-hydrogen) atoms. The average Bonchev–Trinajstić information content (AvgIpc) is 2.49. The zero-order valence-electron chi connectivity index (χ0n) is 10.9. The minimum absolute atomic E-state index is 0.405. The Kier molecular flexibility index (Phi) is 5.40. The standard InChI is InChI=1S/C12H22N2O4/c1-8-4-3-6-14(7-5-8)12(18)13-10(9(2)15)11(16)17/h8-10,15H,3-7H2,1-2H3,(H,13,18)(H,16,17). The maximum Gasteiger partial charge on any atom is 0.328 e. The Morgan fingerprint density at radius 3 is 2.56 bits per heavy atom. The highest BCUT2D eigenvalue weighted by atomic mass is 16.4. The van der Waals surface area contributed by atoms with Crippen molar-refractivity contribution in [3.63, 3.8) is 0 Å². The summed E-state index contributed by atoms with van der Waals surface area (Å²) in [5.74, 6) is -0.628. The van der Waals surface area contributed by atoms with Crippen LogP contribution in [0.3, 0.4) is 0 Å². The molecule has 3 N–H and O–H groups in total. The number of carbonyl (C=O) groups excluding carboxylic acids is 1. The molecule has 3 atom stereocenters. The number of rotatable bonds is 3. The molecule has 3 unspecified atom stereocenters. The molecule has 0 aromatic carbocycles. The third-order valence-electron chi connectivity index (χ3n) is 3.33. The van der Waals surface area contributed by atoms with Crippen molar-refractivity contribution >= 4 is 12.0 Å². The normalized spacial score (nSPS) is 23.9. The van der Waals surface area contributed by atoms with E-state index in [0.717, 1.165) is 19.3 Å². The van der Waals surface area contributed by atoms with E-state index in [-0.39, 0.29) is 0 Å². The maximum absolute atomic E-state index is 11.9. The molecular formula is C12H22N2O4. The average molecular weight is 258 g/mol. The predicted octanol–water partition coefficient (Wildman–Crippen LogP) is 0.652. The Bertz CT molecular complexity index is 306. The van der Waals surface area contributed by atoms with E-state index in [1.54, 1.807) is 4.90 Å². The molecule has 6 heteroatoms. The van der Waals surface area contributed by atoms with Crippen LogP contribution in [0.5, 0.6) is 0 Å². The van der Waals surface area contributed by atoms with Gasteiger partial charge in [-0.2, -0.15) is 0 Å². The molecule has 104 valence electrons. The van der Waals surface area contributed by atoms with Crippen molar-refractivity contribution in [3.05, 3.63) is 0 Å². The Labute approximate surface area is 107 Å². The summed E-state index contributed by atoms with van der Waals surface area (Å²) in [5.41, 5.74) is 0. The van der Waals surface area contributed by atoms with Gasteiger partial charge in [0.1, 0.15) is 0 Å². The Hall–Kier alpha value is -1.30. The Morgan fingerprint density at radius 1 is 1.33 bits per heavy atom. The van der Waals surface area contributed by atoms with E-state index in [1.807, 2.05) is 0 Å². The van der Waals surface area contributed by atoms with Gasteiger partial charge >= 0.3 is 12.0 Å². The van der Waals surface area contributed by atoms with Gasteiger partial charge in [0.25, 0.3) is 0 Å². The Balaban J connectivity index is 2.55. The third-order valence-corrected chi connectivity index (χ3v) is 3.33. The SMILES string of the molecule is CC1CCCN(C(=O)NC(C(=O)O)C(C)O)CC1. The van der Waals surface area contributed by atoms with Crippen LogP contribution in [0, 0.1) is 5.92 Å². The van der Waals surface area contributed by atoms with Crippen molar-refractivity contribution < 1.29 is 19.8 Å². The molecule has 0 aromatic rings. The van der Waals surface area contributed by atoms with Crippen LogP contribution in [0.4, 0.5) is 4.79 Å². The summed E-state index contributed by atoms with van der Waals surface area (Å²) >= 11 is 0. The Morgan fingerprint density at radius 2 is 2.00 bits per heavy atom. The number of carbonyl (C=O) groups is 2. The number of urea groups is 1. The molecule has 0 aliphatic carbocycles. The number of hydrogen-bond acceptors (Lipinski definition) is 3. The fraction of sp³-hybridized carbons (Fsp3) is 0.833. The number of nitrogens with one attached hydrogen (secondary N) is 1. The molecule has 1 rings (SSSR count). The lowest BCUT2D eigenvalue weighted by Gasteiger charge is -2.24. The molecule has 0 aromatic heterocycles. The van der Waals surface area contributed by atoms with Crippen LogP contribution in [-0.2, 0) is 4.79 Å². The van der Waals surface area contributed by atoms with E-state index in [9.17, 15) is 14.7 Å². The summed E-state index contributed by atoms with van der Waals surface area (Å²) in [4.78, 5) is 24.4. The van der Waals surface area contributed by atoms with E-state index < -0.39 is 24.1 Å². The van der Waals surface area contributed by atoms with Crippen molar-refractivity contribution in [1.82, 2.24) is 10.2 Å². The quantitative estimate of drug-likeness (QED) is 0.693. The first kappa shape index (κ1) is 14.8. The van der Waals surface area contributed by atoms with E-state index in [1.165, 1.54) is 6.92 Å². The van der Waals surface area contributed by atoms with E-state index in [2.05, 4.69) is 12.2 Å². The molecule has 1 heterocycles. The van der Waals surface area contributed by atoms with Gasteiger partial charge < -0.3 is 20.4 Å². The first-order valence-electron chi connectivity index (χ1n) is 6.38. The number of likely N-dealkylation sites (tertiary alicyclic amines) is 1. The summed E-state index contributed by atoms with van der Waals surface area (Å²) in [6.07, 6.45) is 1.83. The molecule has 1 fully saturated rings. The van der Waals surface area contributed by atoms with Gasteiger partial charge in [0, 0.05) is 13.1 Å². The monoisotopic (exact) mass is 258 g/mol. The number of aliphatic carboxylic acids is 1. The minimum atomic E-state index is -1.25. The van der Waals surface area contributed by atoms with Crippen molar-refractivity contribution in [2.24, 2.45) is 5.92 Å². The summed E-state index contributed by atoms with van der Waals surface area (Å²) in [5, 5.41) is 20.6. The second-order valence-corrected chi connectivity index (χ2v) is 5.03. The fourth-order valence-electron chi connectivity index (χ4n) is 2.08. The van der Waals surface area contributed by atoms with Crippen LogP contribution in [0.1, 0.15) is 33.1 Å². The molecule has 0 spiro atoms. The minimum Gasteiger partial charge on any atom is -0.480 e. The molecule has 6 nitrogen and oxygen atoms in total. The molecule has 2 amide bonds. The zero-order valence-corrected chi connectivity index (χ0v) is 10.9. The second kappa shape index (κ2) is 6.58. The maximum atomic E-state index is 11.9. The van der Waals surface area contributed by atoms with E-state index >= 15 is 0 Å². The number of aliphatic hydroxyl groups excluding tert-OH is 1. The van der Waals surface area contributed by atoms with E-state index in [0.29, 0.717) is 19.0 Å². The molecule has 0 radical (unpaired) electrons. The first-order valence-corrected chi connectivity index (χ1v) is 6.38. The molecule has 1 saturated heterocycles. The number of aliphatic hydroxyl groups is 1. The highest BCUT2D eigenvalue weighted by Crippen LogP contribution is 2.16. The van der Waals surface area contributed by atoms with Gasteiger partial charge in [0.15, 0.2) is 6.04 Å². The lowest BCUT2D eigenvalue weighted by molar-refractivity contribution is -0.141. The van der Waals surface area contributed by atoms with Gasteiger partial charge in [-0.1, -0.05) is 6.92 Å². The van der Waals surface area contributed by atoms with Gasteiger partial charge in [-0.25, -0.2) is 9.59 Å². The van der Waals surface area contributed by atoms with Gasteiger partial charge in [-0.05, 0) is 32.1 Å². The van der Waals surface area contributed by atoms with Crippen molar-refractivity contribution in [3.8, 4) is 0 Å². The summed E-state index contributed by atoms with van der Waals surface area (Å²) < 4.78 is 0. The van der Waals surface area contributed by atoms with Crippen LogP contribution < -0.4 is 5.32 Å². The van der Waals surface area contributed by atoms with Crippen LogP contribution >= 0.6 is 0 Å². The predicted molar refractivity (Wildman–Crippen MR) is 66.2 cm³/mol. The summed E-state index contributed by atoms with van der Waals surface area (Å²) in [7, 11) is 0. The summed E-state index contributed by atoms with van der Waals surface area (Å²) in [6.45, 7) is 4.78. The lowest BCUT2D eigenvalue weighted by atomic mass is 10.0. The number of nitrogens with zero attached hydrogens (tertiary/aromatic N) is 1. The van der Waals surface area contributed by atoms with Crippen LogP contribution in [-0.4, -0.2) is 52.3 Å². The number of hydrogen-bond donors (Lipinski definition) is 3. The second-order valence-electron chi connectivity index (χ2n) is 5.03. The van der Waals surface area contributed by atoms with Crippen LogP contribution in [0.25, 0.3) is 0 Å². The number of carboxylic acids is 1. The van der Waals surface area contributed by atoms with Crippen molar-refractivity contribution in [2.45, 2.75) is 45.3 Å². The van der Waals surface area contributed by atoms with Gasteiger partial charge in [0.2, 0.25) is 0 Å². The van der Waals surface area contributed by atoms with Crippen molar-refractivity contribution in [1.29, 1.82) is 0 Å². The zero-order chi connectivity index (χ0) is 13.7. The van der Waals surface area contributed by atoms with Gasteiger partial charge in [-0.3, -0.25) is 0 Å².